The number of hydrogen-bond donors (Lipinski definition) is 1. The van der Waals surface area contributed by atoms with E-state index in [1.54, 1.807) is 12.1 Å². The summed E-state index contributed by atoms with van der Waals surface area (Å²) in [7, 11) is 0. The van der Waals surface area contributed by atoms with Gasteiger partial charge in [-0.25, -0.2) is 0 Å². The Balaban J connectivity index is 1.93. The van der Waals surface area contributed by atoms with Crippen LogP contribution in [0, 0.1) is 26.9 Å². The lowest BCUT2D eigenvalue weighted by molar-refractivity contribution is -0.384. The third kappa shape index (κ3) is 2.20. The highest BCUT2D eigenvalue weighted by atomic mass is 35.5. The van der Waals surface area contributed by atoms with Crippen molar-refractivity contribution in [2.75, 3.05) is 5.32 Å². The highest BCUT2D eigenvalue weighted by Crippen LogP contribution is 2.63. The van der Waals surface area contributed by atoms with Gasteiger partial charge in [0.2, 0.25) is 0 Å². The lowest BCUT2D eigenvalue weighted by Crippen LogP contribution is -2.45. The normalized spacial score (nSPS) is 33.1. The average molecular weight is 309 g/mol. The largest absolute Gasteiger partial charge is 0.380 e. The number of halogens is 1. The molecule has 0 heterocycles. The monoisotopic (exact) mass is 308 g/mol. The quantitative estimate of drug-likeness (QED) is 0.640. The van der Waals surface area contributed by atoms with Crippen LogP contribution >= 0.6 is 11.6 Å². The Morgan fingerprint density at radius 1 is 1.38 bits per heavy atom. The second-order valence-corrected chi connectivity index (χ2v) is 7.82. The van der Waals surface area contributed by atoms with Gasteiger partial charge in [-0.1, -0.05) is 32.4 Å². The highest BCUT2D eigenvalue weighted by molar-refractivity contribution is 6.33. The first kappa shape index (κ1) is 14.6. The molecular formula is C16H21ClN2O2. The van der Waals surface area contributed by atoms with Crippen molar-refractivity contribution in [3.8, 4) is 0 Å². The van der Waals surface area contributed by atoms with Crippen molar-refractivity contribution in [1.82, 2.24) is 0 Å². The number of nitrogens with zero attached hydrogens (tertiary/aromatic N) is 1. The molecule has 1 aromatic carbocycles. The lowest BCUT2D eigenvalue weighted by atomic mass is 9.68. The van der Waals surface area contributed by atoms with E-state index in [1.807, 2.05) is 0 Å². The van der Waals surface area contributed by atoms with Crippen molar-refractivity contribution in [2.45, 2.75) is 46.1 Å². The van der Waals surface area contributed by atoms with Crippen molar-refractivity contribution >= 4 is 23.0 Å². The highest BCUT2D eigenvalue weighted by Gasteiger charge is 2.59. The molecule has 0 amide bonds. The summed E-state index contributed by atoms with van der Waals surface area (Å²) in [4.78, 5) is 10.6. The SMILES string of the molecule is CC1(C)C(Nc2cc([N+](=O)[O-])ccc2Cl)[C@]2(C)CC[C@H]1C2. The van der Waals surface area contributed by atoms with Crippen molar-refractivity contribution in [2.24, 2.45) is 16.7 Å². The maximum absolute atomic E-state index is 11.0. The zero-order valence-electron chi connectivity index (χ0n) is 12.6. The number of fused-ring (bicyclic) bond motifs is 2. The summed E-state index contributed by atoms with van der Waals surface area (Å²) in [6, 6.07) is 4.89. The molecule has 3 rings (SSSR count). The molecule has 4 nitrogen and oxygen atoms in total. The van der Waals surface area contributed by atoms with Gasteiger partial charge < -0.3 is 5.32 Å². The van der Waals surface area contributed by atoms with Crippen molar-refractivity contribution < 1.29 is 4.92 Å². The van der Waals surface area contributed by atoms with Crippen LogP contribution in [0.4, 0.5) is 11.4 Å². The Hall–Kier alpha value is -1.29. The fourth-order valence-electron chi connectivity index (χ4n) is 4.56. The molecule has 1 unspecified atom stereocenters. The van der Waals surface area contributed by atoms with Gasteiger partial charge >= 0.3 is 0 Å². The van der Waals surface area contributed by atoms with Gasteiger partial charge in [0.25, 0.3) is 5.69 Å². The minimum Gasteiger partial charge on any atom is -0.380 e. The van der Waals surface area contributed by atoms with Crippen LogP contribution in [0.3, 0.4) is 0 Å². The number of nitro groups is 1. The molecule has 5 heteroatoms. The second kappa shape index (κ2) is 4.60. The first-order valence-corrected chi connectivity index (χ1v) is 7.82. The Kier molecular flexibility index (Phi) is 3.21. The van der Waals surface area contributed by atoms with Gasteiger partial charge in [0.15, 0.2) is 0 Å². The van der Waals surface area contributed by atoms with Gasteiger partial charge in [0, 0.05) is 18.2 Å². The predicted molar refractivity (Wildman–Crippen MR) is 84.7 cm³/mol. The van der Waals surface area contributed by atoms with Crippen LogP contribution in [0.15, 0.2) is 18.2 Å². The molecule has 0 spiro atoms. The number of nitro benzene ring substituents is 1. The minimum absolute atomic E-state index is 0.0769. The topological polar surface area (TPSA) is 55.2 Å². The maximum atomic E-state index is 11.0. The van der Waals surface area contributed by atoms with E-state index in [0.29, 0.717) is 16.8 Å². The van der Waals surface area contributed by atoms with Gasteiger partial charge in [-0.05, 0) is 42.1 Å². The summed E-state index contributed by atoms with van der Waals surface area (Å²) in [5.74, 6) is 0.720. The molecule has 114 valence electrons. The Morgan fingerprint density at radius 3 is 2.67 bits per heavy atom. The van der Waals surface area contributed by atoms with E-state index in [2.05, 4.69) is 26.1 Å². The molecule has 21 heavy (non-hydrogen) atoms. The molecule has 2 aliphatic carbocycles. The summed E-state index contributed by atoms with van der Waals surface area (Å²) >= 11 is 6.23. The zero-order valence-corrected chi connectivity index (χ0v) is 13.4. The van der Waals surface area contributed by atoms with Crippen LogP contribution in [0.5, 0.6) is 0 Å². The van der Waals surface area contributed by atoms with Crippen LogP contribution in [0.1, 0.15) is 40.0 Å². The molecule has 2 bridgehead atoms. The third-order valence-electron chi connectivity index (χ3n) is 5.73. The molecule has 0 aromatic heterocycles. The molecule has 1 N–H and O–H groups in total. The molecule has 1 aromatic rings. The van der Waals surface area contributed by atoms with Crippen molar-refractivity contribution in [3.05, 3.63) is 33.3 Å². The molecule has 0 saturated heterocycles. The third-order valence-corrected chi connectivity index (χ3v) is 6.06. The number of non-ortho nitro benzene ring substituents is 1. The van der Waals surface area contributed by atoms with E-state index in [0.717, 1.165) is 5.92 Å². The van der Waals surface area contributed by atoms with Crippen LogP contribution in [-0.2, 0) is 0 Å². The van der Waals surface area contributed by atoms with Gasteiger partial charge in [-0.2, -0.15) is 0 Å². The Bertz CT molecular complexity index is 597. The predicted octanol–water partition coefficient (Wildman–Crippen LogP) is 4.87. The standard InChI is InChI=1S/C16H21ClN2O2/c1-15(2)10-6-7-16(3,9-10)14(15)18-13-8-11(19(20)21)4-5-12(13)17/h4-5,8,10,14,18H,6-7,9H2,1-3H3/t10-,14?,16+/m0/s1. The van der Waals surface area contributed by atoms with E-state index < -0.39 is 0 Å². The van der Waals surface area contributed by atoms with Gasteiger partial charge in [0.1, 0.15) is 0 Å². The number of benzene rings is 1. The van der Waals surface area contributed by atoms with Crippen LogP contribution in [-0.4, -0.2) is 11.0 Å². The van der Waals surface area contributed by atoms with Gasteiger partial charge in [0.05, 0.1) is 15.6 Å². The molecular weight excluding hydrogens is 288 g/mol. The maximum Gasteiger partial charge on any atom is 0.271 e. The number of anilines is 1. The molecule has 2 fully saturated rings. The van der Waals surface area contributed by atoms with Crippen LogP contribution in [0.2, 0.25) is 5.02 Å². The van der Waals surface area contributed by atoms with Crippen molar-refractivity contribution in [1.29, 1.82) is 0 Å². The Labute approximate surface area is 130 Å². The van der Waals surface area contributed by atoms with E-state index >= 15 is 0 Å². The summed E-state index contributed by atoms with van der Waals surface area (Å²) in [5, 5.41) is 15.0. The average Bonchev–Trinajstić information content (AvgIpc) is 2.87. The molecule has 0 aliphatic heterocycles. The van der Waals surface area contributed by atoms with Crippen LogP contribution in [0.25, 0.3) is 0 Å². The molecule has 3 atom stereocenters. The van der Waals surface area contributed by atoms with Crippen LogP contribution < -0.4 is 5.32 Å². The first-order valence-electron chi connectivity index (χ1n) is 7.44. The van der Waals surface area contributed by atoms with Crippen molar-refractivity contribution in [3.63, 3.8) is 0 Å². The van der Waals surface area contributed by atoms with E-state index in [1.165, 1.54) is 25.3 Å². The summed E-state index contributed by atoms with van der Waals surface area (Å²) < 4.78 is 0. The fraction of sp³-hybridized carbons (Fsp3) is 0.625. The number of hydrogen-bond acceptors (Lipinski definition) is 3. The molecule has 0 radical (unpaired) electrons. The fourth-order valence-corrected chi connectivity index (χ4v) is 4.73. The number of nitrogens with one attached hydrogen (secondary N) is 1. The first-order chi connectivity index (χ1) is 9.74. The summed E-state index contributed by atoms with van der Waals surface area (Å²) in [6.07, 6.45) is 3.72. The van der Waals surface area contributed by atoms with Gasteiger partial charge in [-0.3, -0.25) is 10.1 Å². The summed E-state index contributed by atoms with van der Waals surface area (Å²) in [5.41, 5.74) is 1.19. The second-order valence-electron chi connectivity index (χ2n) is 7.41. The molecule has 2 saturated carbocycles. The van der Waals surface area contributed by atoms with Gasteiger partial charge in [-0.15, -0.1) is 0 Å². The minimum atomic E-state index is -0.380. The van der Waals surface area contributed by atoms with E-state index in [4.69, 9.17) is 11.6 Å². The van der Waals surface area contributed by atoms with E-state index in [-0.39, 0.29) is 21.4 Å². The zero-order chi connectivity index (χ0) is 15.4. The van der Waals surface area contributed by atoms with E-state index in [9.17, 15) is 10.1 Å². The molecule has 2 aliphatic rings. The smallest absolute Gasteiger partial charge is 0.271 e. The Morgan fingerprint density at radius 2 is 2.10 bits per heavy atom. The summed E-state index contributed by atoms with van der Waals surface area (Å²) in [6.45, 7) is 6.92. The lowest BCUT2D eigenvalue weighted by Gasteiger charge is -2.43. The number of rotatable bonds is 3.